The van der Waals surface area contributed by atoms with Crippen molar-refractivity contribution in [3.63, 3.8) is 0 Å². The van der Waals surface area contributed by atoms with Crippen LogP contribution in [0.4, 0.5) is 39.5 Å². The Bertz CT molecular complexity index is 6290. The lowest BCUT2D eigenvalue weighted by Gasteiger charge is -2.24. The second-order valence-corrected chi connectivity index (χ2v) is 29.1. The standard InChI is InChI=1S/C26H21F5O.C26H24F2O2.C25H22F2O2.C25H24O.4CH3/c1-3-7-15-11-23-18(13-21(15)27)25(17-9-5-6-10-20(17)26(29,30)31)19-14-22(28)16(8-4-2)12-24(19)32-23;1-4-6-17-12-24-20(14-22(17)27)26(16-8-10-19(29-3)11-9-16)21-15-23(28)18(7-5-2)13-25(21)30-24;1-3-5-16-11-23-19(13-21(16)26)25(15-7-9-18(28)10-8-15)20-14-22(27)17(6-4-2)12-24(20)29-23;1-3-8-18-12-14-21-23(16-18)26-24-17-19(9-4-2)13-15-22(24)25(21)20-10-6-5-7-11-20;;;;/h5-7,9-14H,3-4,8H2,1-2H3;6,8-15H,4-5,7H2,1-3H3;5,7-14,28H,3-4,6H2,1-2H3;5-8,10-17H,3-4,9H2,1-2H3;4*1H3/q;;;;4*-1/b15-7-;17-6-;16-5-;18-8+;;;;. The second kappa shape index (κ2) is 41.2. The second-order valence-electron chi connectivity index (χ2n) is 29.1. The molecular weight excluding hydrogens is 1540 g/mol. The van der Waals surface area contributed by atoms with Gasteiger partial charge in [-0.1, -0.05) is 196 Å². The van der Waals surface area contributed by atoms with Crippen molar-refractivity contribution in [1.29, 1.82) is 0 Å². The van der Waals surface area contributed by atoms with Gasteiger partial charge in [0.1, 0.15) is 92.4 Å². The lowest BCUT2D eigenvalue weighted by molar-refractivity contribution is -0.137. The Morgan fingerprint density at radius 1 is 0.322 bits per heavy atom. The molecule has 0 aromatic heterocycles. The Morgan fingerprint density at radius 2 is 0.702 bits per heavy atom. The summed E-state index contributed by atoms with van der Waals surface area (Å²) in [6.07, 6.45) is 12.2. The molecule has 12 aromatic rings. The smallest absolute Gasteiger partial charge is 0.417 e. The lowest BCUT2D eigenvalue weighted by atomic mass is 9.88. The van der Waals surface area contributed by atoms with Gasteiger partial charge in [0.15, 0.2) is 0 Å². The summed E-state index contributed by atoms with van der Waals surface area (Å²) in [7, 11) is 1.60. The number of halogens is 9. The Kier molecular flexibility index (Phi) is 31.5. The SMILES string of the molecule is CC/C=c1/cc2c(cc1F)=C(c1ccc(O)cc1)c1cc(F)c(CCC)cc1O2.CC/C=c1/cc2c(cc1F)=C(c1ccc(OC)cc1)c1cc(F)c(CCC)cc1O2.CC/C=c1/cc2c(cc1F)=C(c1ccccc1C(F)(F)F)c1cc(F)c(CCC)cc1O2.CC/C=c1\ccc2c(c1)Oc1cc(CCC)ccc1C=2c1ccccc1.[CH3-].[CH3-].[CH3-].[CH3-]. The zero-order chi connectivity index (χ0) is 82.8. The van der Waals surface area contributed by atoms with Gasteiger partial charge in [0.2, 0.25) is 0 Å². The molecule has 0 aliphatic carbocycles. The van der Waals surface area contributed by atoms with Crippen molar-refractivity contribution in [2.75, 3.05) is 7.11 Å². The number of hydrogen-bond donors (Lipinski definition) is 1. The maximum absolute atomic E-state index is 14.8. The first kappa shape index (κ1) is 92.6. The van der Waals surface area contributed by atoms with E-state index in [1.807, 2.05) is 78.0 Å². The van der Waals surface area contributed by atoms with Crippen LogP contribution >= 0.6 is 0 Å². The van der Waals surface area contributed by atoms with E-state index in [9.17, 15) is 44.6 Å². The zero-order valence-corrected chi connectivity index (χ0v) is 70.9. The van der Waals surface area contributed by atoms with Gasteiger partial charge < -0.3 is 58.5 Å². The van der Waals surface area contributed by atoms with E-state index in [0.717, 1.165) is 72.1 Å². The number of phenols is 1. The molecule has 0 spiro atoms. The zero-order valence-electron chi connectivity index (χ0n) is 70.9. The van der Waals surface area contributed by atoms with Crippen LogP contribution in [-0.2, 0) is 31.9 Å². The molecule has 0 amide bonds. The number of hydrogen-bond acceptors (Lipinski definition) is 6. The number of benzene rings is 12. The topological polar surface area (TPSA) is 66.4 Å². The van der Waals surface area contributed by atoms with Gasteiger partial charge in [-0.3, -0.25) is 0 Å². The molecule has 0 fully saturated rings. The van der Waals surface area contributed by atoms with Crippen LogP contribution in [-0.4, -0.2) is 12.2 Å². The molecule has 15 heteroatoms. The minimum absolute atomic E-state index is 0. The third-order valence-electron chi connectivity index (χ3n) is 20.7. The normalized spacial score (nSPS) is 12.8. The monoisotopic (exact) mass is 1640 g/mol. The third kappa shape index (κ3) is 20.1. The van der Waals surface area contributed by atoms with Crippen molar-refractivity contribution in [1.82, 2.24) is 0 Å². The van der Waals surface area contributed by atoms with E-state index in [0.29, 0.717) is 127 Å². The van der Waals surface area contributed by atoms with E-state index < -0.39 is 23.4 Å². The number of phenolic OH excluding ortho intramolecular Hbond substituents is 1. The number of alkyl halides is 3. The first-order valence-electron chi connectivity index (χ1n) is 40.1. The van der Waals surface area contributed by atoms with Crippen LogP contribution in [0.3, 0.4) is 0 Å². The van der Waals surface area contributed by atoms with E-state index in [-0.39, 0.29) is 92.1 Å². The largest absolute Gasteiger partial charge is 0.508 e. The lowest BCUT2D eigenvalue weighted by Crippen LogP contribution is -2.24. The first-order chi connectivity index (χ1) is 56.6. The fourth-order valence-electron chi connectivity index (χ4n) is 15.4. The molecule has 121 heavy (non-hydrogen) atoms. The summed E-state index contributed by atoms with van der Waals surface area (Å²) >= 11 is 0. The van der Waals surface area contributed by atoms with Gasteiger partial charge in [-0.25, -0.2) is 26.3 Å². The molecule has 0 atom stereocenters. The van der Waals surface area contributed by atoms with E-state index in [1.54, 1.807) is 61.7 Å². The minimum atomic E-state index is -4.64. The van der Waals surface area contributed by atoms with Gasteiger partial charge >= 0.3 is 6.18 Å². The summed E-state index contributed by atoms with van der Waals surface area (Å²) in [5.41, 5.74) is 10.1. The van der Waals surface area contributed by atoms with Crippen molar-refractivity contribution in [3.8, 4) is 57.5 Å². The summed E-state index contributed by atoms with van der Waals surface area (Å²) in [5.74, 6) is 3.15. The number of aryl methyl sites for hydroxylation is 4. The number of rotatable bonds is 17. The van der Waals surface area contributed by atoms with Crippen molar-refractivity contribution in [2.45, 2.75) is 139 Å². The van der Waals surface area contributed by atoms with Crippen LogP contribution in [0.25, 0.3) is 46.6 Å². The Morgan fingerprint density at radius 3 is 1.12 bits per heavy atom. The van der Waals surface area contributed by atoms with Crippen molar-refractivity contribution < 1.29 is 68.3 Å². The first-order valence-corrected chi connectivity index (χ1v) is 40.1. The van der Waals surface area contributed by atoms with Crippen LogP contribution in [0.2, 0.25) is 0 Å². The van der Waals surface area contributed by atoms with Gasteiger partial charge in [0, 0.05) is 81.1 Å². The van der Waals surface area contributed by atoms with Crippen LogP contribution in [0.15, 0.2) is 212 Å². The fraction of sp³-hybridized carbons (Fsp3) is 0.208. The number of aromatic hydroxyl groups is 1. The highest BCUT2D eigenvalue weighted by atomic mass is 19.4. The molecular formula is C106H103F9O6-4. The van der Waals surface area contributed by atoms with Crippen LogP contribution < -0.4 is 65.4 Å². The number of ether oxygens (including phenoxy) is 5. The highest BCUT2D eigenvalue weighted by Crippen LogP contribution is 2.45. The van der Waals surface area contributed by atoms with Gasteiger partial charge in [-0.2, -0.15) is 13.2 Å². The molecule has 630 valence electrons. The molecule has 4 aliphatic rings. The van der Waals surface area contributed by atoms with E-state index >= 15 is 0 Å². The average Bonchev–Trinajstić information content (AvgIpc) is 0.740. The molecule has 0 unspecified atom stereocenters. The molecule has 12 aromatic carbocycles. The maximum Gasteiger partial charge on any atom is 0.417 e. The van der Waals surface area contributed by atoms with E-state index in [2.05, 4.69) is 86.7 Å². The van der Waals surface area contributed by atoms with Gasteiger partial charge in [0.25, 0.3) is 0 Å². The van der Waals surface area contributed by atoms with Crippen molar-refractivity contribution >= 4 is 46.6 Å². The van der Waals surface area contributed by atoms with Crippen LogP contribution in [0.1, 0.15) is 179 Å². The Balaban J connectivity index is 0.000000182. The molecule has 6 nitrogen and oxygen atoms in total. The van der Waals surface area contributed by atoms with Crippen LogP contribution in [0, 0.1) is 64.6 Å². The quantitative estimate of drug-likeness (QED) is 0.0724. The number of fused-ring (bicyclic) bond motifs is 8. The summed E-state index contributed by atoms with van der Waals surface area (Å²) in [6.45, 7) is 16.1. The molecule has 0 saturated heterocycles. The fourth-order valence-corrected chi connectivity index (χ4v) is 15.4. The molecule has 0 saturated carbocycles. The summed E-state index contributed by atoms with van der Waals surface area (Å²) in [5, 5.41) is 14.7. The predicted octanol–water partition coefficient (Wildman–Crippen LogP) is 24.1. The molecule has 1 N–H and O–H groups in total. The van der Waals surface area contributed by atoms with Gasteiger partial charge in [-0.15, -0.1) is 0 Å². The highest BCUT2D eigenvalue weighted by molar-refractivity contribution is 5.89. The maximum atomic E-state index is 14.8. The minimum Gasteiger partial charge on any atom is -0.508 e. The van der Waals surface area contributed by atoms with Gasteiger partial charge in [0.05, 0.1) is 12.7 Å². The van der Waals surface area contributed by atoms with Crippen molar-refractivity contribution in [2.24, 2.45) is 0 Å². The summed E-state index contributed by atoms with van der Waals surface area (Å²) in [6, 6.07) is 61.2. The molecule has 4 heterocycles. The third-order valence-corrected chi connectivity index (χ3v) is 20.7. The van der Waals surface area contributed by atoms with Crippen molar-refractivity contribution in [3.05, 3.63) is 391 Å². The van der Waals surface area contributed by atoms with Crippen LogP contribution in [0.5, 0.6) is 57.5 Å². The Labute approximate surface area is 705 Å². The average molecular weight is 1640 g/mol. The van der Waals surface area contributed by atoms with E-state index in [1.165, 1.54) is 99.4 Å². The summed E-state index contributed by atoms with van der Waals surface area (Å²) in [4.78, 5) is 0. The number of methoxy groups -OCH3 is 1. The summed E-state index contributed by atoms with van der Waals surface area (Å²) < 4.78 is 160. The molecule has 16 rings (SSSR count). The van der Waals surface area contributed by atoms with Gasteiger partial charge in [-0.05, 0) is 222 Å². The molecule has 0 radical (unpaired) electrons. The molecule has 4 aliphatic heterocycles. The highest BCUT2D eigenvalue weighted by Gasteiger charge is 2.36. The predicted molar refractivity (Wildman–Crippen MR) is 475 cm³/mol. The van der Waals surface area contributed by atoms with E-state index in [4.69, 9.17) is 23.7 Å². The Hall–Kier alpha value is -12.2. The molecule has 0 bridgehead atoms.